The molecule has 1 aromatic heterocycles. The van der Waals surface area contributed by atoms with E-state index in [0.29, 0.717) is 6.04 Å². The summed E-state index contributed by atoms with van der Waals surface area (Å²) in [6, 6.07) is 2.55. The Bertz CT molecular complexity index is 325. The fourth-order valence-corrected chi connectivity index (χ4v) is 3.24. The molecule has 1 aromatic rings. The summed E-state index contributed by atoms with van der Waals surface area (Å²) in [5, 5.41) is 5.48. The molecule has 1 N–H and O–H groups in total. The van der Waals surface area contributed by atoms with Crippen LogP contribution in [0.4, 0.5) is 0 Å². The van der Waals surface area contributed by atoms with E-state index in [-0.39, 0.29) is 5.60 Å². The highest BCUT2D eigenvalue weighted by atomic mass is 79.9. The van der Waals surface area contributed by atoms with E-state index in [1.807, 2.05) is 7.05 Å². The van der Waals surface area contributed by atoms with E-state index in [9.17, 15) is 0 Å². The third kappa shape index (κ3) is 4.17. The van der Waals surface area contributed by atoms with Crippen molar-refractivity contribution in [1.29, 1.82) is 0 Å². The number of halogens is 1. The van der Waals surface area contributed by atoms with Crippen LogP contribution in [0.25, 0.3) is 0 Å². The van der Waals surface area contributed by atoms with Crippen molar-refractivity contribution in [2.45, 2.75) is 38.3 Å². The Morgan fingerprint density at radius 2 is 2.25 bits per heavy atom. The van der Waals surface area contributed by atoms with Crippen molar-refractivity contribution in [2.75, 3.05) is 14.2 Å². The monoisotopic (exact) mass is 305 g/mol. The maximum Gasteiger partial charge on any atom is 0.0637 e. The lowest BCUT2D eigenvalue weighted by molar-refractivity contribution is 0.00777. The normalized spacial score (nSPS) is 14.1. The zero-order valence-electron chi connectivity index (χ0n) is 10.3. The summed E-state index contributed by atoms with van der Waals surface area (Å²) >= 11 is 5.37. The standard InChI is InChI=1S/C12H20BrNOS/c1-12(2,15-4)8-9(14-3)7-11-10(13)5-6-16-11/h5-6,9,14H,7-8H2,1-4H3. The number of hydrogen-bond donors (Lipinski definition) is 1. The largest absolute Gasteiger partial charge is 0.379 e. The summed E-state index contributed by atoms with van der Waals surface area (Å²) in [6.45, 7) is 4.25. The van der Waals surface area contributed by atoms with Crippen LogP contribution >= 0.6 is 27.3 Å². The molecule has 0 aromatic carbocycles. The fraction of sp³-hybridized carbons (Fsp3) is 0.667. The van der Waals surface area contributed by atoms with Gasteiger partial charge >= 0.3 is 0 Å². The maximum atomic E-state index is 5.47. The first kappa shape index (κ1) is 14.2. The molecule has 0 radical (unpaired) electrons. The highest BCUT2D eigenvalue weighted by Crippen LogP contribution is 2.26. The zero-order chi connectivity index (χ0) is 12.2. The van der Waals surface area contributed by atoms with Gasteiger partial charge in [-0.3, -0.25) is 0 Å². The first-order valence-electron chi connectivity index (χ1n) is 5.43. The van der Waals surface area contributed by atoms with Crippen molar-refractivity contribution in [3.8, 4) is 0 Å². The maximum absolute atomic E-state index is 5.47. The van der Waals surface area contributed by atoms with Crippen LogP contribution in [-0.4, -0.2) is 25.8 Å². The van der Waals surface area contributed by atoms with Crippen molar-refractivity contribution in [1.82, 2.24) is 5.32 Å². The molecule has 1 unspecified atom stereocenters. The molecule has 1 heterocycles. The van der Waals surface area contributed by atoms with E-state index >= 15 is 0 Å². The molecular weight excluding hydrogens is 286 g/mol. The van der Waals surface area contributed by atoms with Crippen molar-refractivity contribution in [3.05, 3.63) is 20.8 Å². The molecule has 0 saturated heterocycles. The molecule has 0 fully saturated rings. The van der Waals surface area contributed by atoms with Crippen molar-refractivity contribution in [2.24, 2.45) is 0 Å². The molecule has 1 atom stereocenters. The number of hydrogen-bond acceptors (Lipinski definition) is 3. The van der Waals surface area contributed by atoms with Crippen LogP contribution in [-0.2, 0) is 11.2 Å². The Hall–Kier alpha value is 0.1000. The average molecular weight is 306 g/mol. The first-order valence-corrected chi connectivity index (χ1v) is 7.10. The first-order chi connectivity index (χ1) is 7.48. The second-order valence-corrected chi connectivity index (χ2v) is 6.40. The molecule has 92 valence electrons. The second-order valence-electron chi connectivity index (χ2n) is 4.55. The molecule has 0 amide bonds. The van der Waals surface area contributed by atoms with Crippen molar-refractivity contribution < 1.29 is 4.74 Å². The summed E-state index contributed by atoms with van der Waals surface area (Å²) in [5.74, 6) is 0. The van der Waals surface area contributed by atoms with Gasteiger partial charge in [-0.1, -0.05) is 0 Å². The summed E-state index contributed by atoms with van der Waals surface area (Å²) < 4.78 is 6.69. The van der Waals surface area contributed by atoms with Gasteiger partial charge in [0.1, 0.15) is 0 Å². The summed E-state index contributed by atoms with van der Waals surface area (Å²) in [6.07, 6.45) is 2.05. The predicted octanol–water partition coefficient (Wildman–Crippen LogP) is 3.46. The van der Waals surface area contributed by atoms with Gasteiger partial charge in [-0.2, -0.15) is 0 Å². The molecule has 0 saturated carbocycles. The number of thiophene rings is 1. The Kier molecular flexibility index (Phi) is 5.44. The molecule has 0 bridgehead atoms. The predicted molar refractivity (Wildman–Crippen MR) is 74.3 cm³/mol. The van der Waals surface area contributed by atoms with E-state index in [1.54, 1.807) is 18.4 Å². The van der Waals surface area contributed by atoms with Crippen LogP contribution in [0.15, 0.2) is 15.9 Å². The topological polar surface area (TPSA) is 21.3 Å². The molecule has 0 aliphatic carbocycles. The molecule has 2 nitrogen and oxygen atoms in total. The zero-order valence-corrected chi connectivity index (χ0v) is 12.7. The van der Waals surface area contributed by atoms with Crippen LogP contribution in [0.3, 0.4) is 0 Å². The highest BCUT2D eigenvalue weighted by Gasteiger charge is 2.22. The third-order valence-corrected chi connectivity index (χ3v) is 4.77. The van der Waals surface area contributed by atoms with Crippen molar-refractivity contribution >= 4 is 27.3 Å². The van der Waals surface area contributed by atoms with Gasteiger partial charge in [-0.05, 0) is 61.1 Å². The van der Waals surface area contributed by atoms with Gasteiger partial charge < -0.3 is 10.1 Å². The minimum Gasteiger partial charge on any atom is -0.379 e. The van der Waals surface area contributed by atoms with Crippen LogP contribution in [0, 0.1) is 0 Å². The van der Waals surface area contributed by atoms with Crippen LogP contribution in [0.5, 0.6) is 0 Å². The molecule has 4 heteroatoms. The number of rotatable bonds is 6. The summed E-state index contributed by atoms with van der Waals surface area (Å²) in [7, 11) is 3.78. The lowest BCUT2D eigenvalue weighted by Gasteiger charge is -2.28. The van der Waals surface area contributed by atoms with Gasteiger partial charge in [0.05, 0.1) is 5.60 Å². The Morgan fingerprint density at radius 3 is 2.69 bits per heavy atom. The SMILES string of the molecule is CNC(Cc1sccc1Br)CC(C)(C)OC. The molecule has 16 heavy (non-hydrogen) atoms. The van der Waals surface area contributed by atoms with Gasteiger partial charge in [-0.25, -0.2) is 0 Å². The molecular formula is C12H20BrNOS. The van der Waals surface area contributed by atoms with Gasteiger partial charge in [0.25, 0.3) is 0 Å². The van der Waals surface area contributed by atoms with Gasteiger partial charge in [0, 0.05) is 22.5 Å². The van der Waals surface area contributed by atoms with Crippen LogP contribution in [0.2, 0.25) is 0 Å². The highest BCUT2D eigenvalue weighted by molar-refractivity contribution is 9.10. The Balaban J connectivity index is 2.59. The van der Waals surface area contributed by atoms with Crippen LogP contribution < -0.4 is 5.32 Å². The number of methoxy groups -OCH3 is 1. The Labute approximate surface area is 111 Å². The van der Waals surface area contributed by atoms with E-state index in [4.69, 9.17) is 4.74 Å². The second kappa shape index (κ2) is 6.15. The lowest BCUT2D eigenvalue weighted by atomic mass is 9.96. The Morgan fingerprint density at radius 1 is 1.56 bits per heavy atom. The minimum atomic E-state index is -0.0720. The molecule has 1 rings (SSSR count). The molecule has 0 aliphatic heterocycles. The molecule has 0 spiro atoms. The van der Waals surface area contributed by atoms with E-state index in [2.05, 4.69) is 46.5 Å². The smallest absolute Gasteiger partial charge is 0.0637 e. The fourth-order valence-electron chi connectivity index (χ4n) is 1.65. The lowest BCUT2D eigenvalue weighted by Crippen LogP contribution is -2.37. The number of nitrogens with one attached hydrogen (secondary N) is 1. The third-order valence-electron chi connectivity index (χ3n) is 2.82. The average Bonchev–Trinajstić information content (AvgIpc) is 2.63. The van der Waals surface area contributed by atoms with E-state index in [1.165, 1.54) is 9.35 Å². The van der Waals surface area contributed by atoms with E-state index in [0.717, 1.165) is 12.8 Å². The summed E-state index contributed by atoms with van der Waals surface area (Å²) in [4.78, 5) is 1.39. The van der Waals surface area contributed by atoms with Crippen LogP contribution in [0.1, 0.15) is 25.1 Å². The van der Waals surface area contributed by atoms with Gasteiger partial charge in [-0.15, -0.1) is 11.3 Å². The van der Waals surface area contributed by atoms with Gasteiger partial charge in [0.15, 0.2) is 0 Å². The van der Waals surface area contributed by atoms with Gasteiger partial charge in [0.2, 0.25) is 0 Å². The minimum absolute atomic E-state index is 0.0720. The summed E-state index contributed by atoms with van der Waals surface area (Å²) in [5.41, 5.74) is -0.0720. The quantitative estimate of drug-likeness (QED) is 0.869. The number of ether oxygens (including phenoxy) is 1. The van der Waals surface area contributed by atoms with E-state index < -0.39 is 0 Å². The van der Waals surface area contributed by atoms with Crippen molar-refractivity contribution in [3.63, 3.8) is 0 Å². The number of likely N-dealkylation sites (N-methyl/N-ethyl adjacent to an activating group) is 1. The molecule has 0 aliphatic rings.